The summed E-state index contributed by atoms with van der Waals surface area (Å²) in [6.07, 6.45) is 3.85. The average molecular weight is 328 g/mol. The van der Waals surface area contributed by atoms with Gasteiger partial charge in [0.2, 0.25) is 5.91 Å². The Kier molecular flexibility index (Phi) is 7.18. The number of rotatable bonds is 7. The van der Waals surface area contributed by atoms with Crippen LogP contribution in [0.4, 0.5) is 0 Å². The van der Waals surface area contributed by atoms with Crippen molar-refractivity contribution in [2.75, 3.05) is 45.6 Å². The second-order valence-corrected chi connectivity index (χ2v) is 7.53. The summed E-state index contributed by atoms with van der Waals surface area (Å²) in [5, 5.41) is 0.148. The fourth-order valence-corrected chi connectivity index (χ4v) is 4.09. The molecule has 0 radical (unpaired) electrons. The first-order valence-electron chi connectivity index (χ1n) is 8.24. The minimum absolute atomic E-state index is 0.148. The SMILES string of the molecule is COCCCN1CCC(N2CC(CSC(C)=O)CC2=O)CC1. The third-order valence-corrected chi connectivity index (χ3v) is 5.63. The first-order valence-corrected chi connectivity index (χ1v) is 9.23. The molecular weight excluding hydrogens is 300 g/mol. The number of likely N-dealkylation sites (tertiary alicyclic amines) is 2. The van der Waals surface area contributed by atoms with Gasteiger partial charge in [-0.1, -0.05) is 11.8 Å². The summed E-state index contributed by atoms with van der Waals surface area (Å²) in [4.78, 5) is 27.8. The summed E-state index contributed by atoms with van der Waals surface area (Å²) in [6.45, 7) is 6.49. The number of ether oxygens (including phenoxy) is 1. The highest BCUT2D eigenvalue weighted by molar-refractivity contribution is 8.13. The lowest BCUT2D eigenvalue weighted by Gasteiger charge is -2.36. The van der Waals surface area contributed by atoms with Crippen molar-refractivity contribution in [3.05, 3.63) is 0 Å². The molecule has 0 aromatic carbocycles. The number of thioether (sulfide) groups is 1. The monoisotopic (exact) mass is 328 g/mol. The number of methoxy groups -OCH3 is 1. The predicted molar refractivity (Wildman–Crippen MR) is 88.9 cm³/mol. The van der Waals surface area contributed by atoms with Crippen LogP contribution in [0.5, 0.6) is 0 Å². The topological polar surface area (TPSA) is 49.9 Å². The molecule has 2 fully saturated rings. The molecule has 2 saturated heterocycles. The number of amides is 1. The Morgan fingerprint density at radius 1 is 1.36 bits per heavy atom. The van der Waals surface area contributed by atoms with Gasteiger partial charge in [-0.15, -0.1) is 0 Å². The second kappa shape index (κ2) is 8.89. The summed E-state index contributed by atoms with van der Waals surface area (Å²) in [5.41, 5.74) is 0. The molecule has 0 aliphatic carbocycles. The van der Waals surface area contributed by atoms with Gasteiger partial charge >= 0.3 is 0 Å². The van der Waals surface area contributed by atoms with Gasteiger partial charge in [-0.25, -0.2) is 0 Å². The molecule has 22 heavy (non-hydrogen) atoms. The number of carbonyl (C=O) groups is 2. The van der Waals surface area contributed by atoms with E-state index >= 15 is 0 Å². The van der Waals surface area contributed by atoms with Gasteiger partial charge in [0.1, 0.15) is 0 Å². The van der Waals surface area contributed by atoms with Crippen LogP contribution in [0.2, 0.25) is 0 Å². The fourth-order valence-electron chi connectivity index (χ4n) is 3.40. The maximum atomic E-state index is 12.2. The van der Waals surface area contributed by atoms with Crippen LogP contribution >= 0.6 is 11.8 Å². The summed E-state index contributed by atoms with van der Waals surface area (Å²) < 4.78 is 5.10. The molecule has 0 bridgehead atoms. The third kappa shape index (κ3) is 5.25. The molecule has 2 aliphatic heterocycles. The number of carbonyl (C=O) groups excluding carboxylic acids is 2. The van der Waals surface area contributed by atoms with Gasteiger partial charge in [-0.2, -0.15) is 0 Å². The van der Waals surface area contributed by atoms with E-state index in [1.54, 1.807) is 14.0 Å². The molecule has 1 atom stereocenters. The first kappa shape index (κ1) is 17.8. The Morgan fingerprint density at radius 3 is 2.73 bits per heavy atom. The van der Waals surface area contributed by atoms with Crippen molar-refractivity contribution in [2.45, 2.75) is 38.6 Å². The Balaban J connectivity index is 1.72. The lowest BCUT2D eigenvalue weighted by Crippen LogP contribution is -2.45. The molecule has 5 nitrogen and oxygen atoms in total. The van der Waals surface area contributed by atoms with E-state index in [0.717, 1.165) is 57.8 Å². The highest BCUT2D eigenvalue weighted by Crippen LogP contribution is 2.27. The van der Waals surface area contributed by atoms with Crippen LogP contribution in [0.25, 0.3) is 0 Å². The van der Waals surface area contributed by atoms with Gasteiger partial charge in [0.05, 0.1) is 0 Å². The average Bonchev–Trinajstić information content (AvgIpc) is 2.87. The molecule has 0 spiro atoms. The number of hydrogen-bond acceptors (Lipinski definition) is 5. The Bertz CT molecular complexity index is 384. The van der Waals surface area contributed by atoms with Crippen LogP contribution < -0.4 is 0 Å². The van der Waals surface area contributed by atoms with Gasteiger partial charge in [0, 0.05) is 65.0 Å². The van der Waals surface area contributed by atoms with Crippen LogP contribution in [-0.4, -0.2) is 72.5 Å². The second-order valence-electron chi connectivity index (χ2n) is 6.34. The summed E-state index contributed by atoms with van der Waals surface area (Å²) in [6, 6.07) is 0.401. The summed E-state index contributed by atoms with van der Waals surface area (Å²) >= 11 is 1.35. The number of nitrogens with zero attached hydrogens (tertiary/aromatic N) is 2. The van der Waals surface area contributed by atoms with E-state index in [-0.39, 0.29) is 11.0 Å². The Morgan fingerprint density at radius 2 is 2.09 bits per heavy atom. The van der Waals surface area contributed by atoms with Crippen LogP contribution in [-0.2, 0) is 14.3 Å². The van der Waals surface area contributed by atoms with E-state index < -0.39 is 0 Å². The minimum atomic E-state index is 0.148. The zero-order chi connectivity index (χ0) is 15.9. The number of piperidine rings is 1. The van der Waals surface area contributed by atoms with Crippen molar-refractivity contribution in [3.63, 3.8) is 0 Å². The van der Waals surface area contributed by atoms with Gasteiger partial charge in [-0.05, 0) is 25.2 Å². The summed E-state index contributed by atoms with van der Waals surface area (Å²) in [5.74, 6) is 1.42. The van der Waals surface area contributed by atoms with Crippen LogP contribution in [0, 0.1) is 5.92 Å². The predicted octanol–water partition coefficient (Wildman–Crippen LogP) is 1.62. The van der Waals surface area contributed by atoms with Gasteiger partial charge < -0.3 is 14.5 Å². The standard InChI is InChI=1S/C16H28N2O3S/c1-13(19)22-12-14-10-16(20)18(11-14)15-4-7-17(8-5-15)6-3-9-21-2/h14-15H,3-12H2,1-2H3. The van der Waals surface area contributed by atoms with Crippen molar-refractivity contribution in [2.24, 2.45) is 5.92 Å². The molecule has 1 unspecified atom stereocenters. The van der Waals surface area contributed by atoms with Gasteiger partial charge in [0.15, 0.2) is 5.12 Å². The third-order valence-electron chi connectivity index (χ3n) is 4.58. The first-order chi connectivity index (χ1) is 10.6. The highest BCUT2D eigenvalue weighted by atomic mass is 32.2. The van der Waals surface area contributed by atoms with Gasteiger partial charge in [0.25, 0.3) is 0 Å². The molecule has 2 rings (SSSR count). The van der Waals surface area contributed by atoms with E-state index in [4.69, 9.17) is 4.74 Å². The largest absolute Gasteiger partial charge is 0.385 e. The molecule has 1 amide bonds. The lowest BCUT2D eigenvalue weighted by molar-refractivity contribution is -0.130. The molecule has 0 aromatic rings. The zero-order valence-electron chi connectivity index (χ0n) is 13.8. The van der Waals surface area contributed by atoms with E-state index in [2.05, 4.69) is 9.80 Å². The number of hydrogen-bond donors (Lipinski definition) is 0. The van der Waals surface area contributed by atoms with Crippen molar-refractivity contribution < 1.29 is 14.3 Å². The smallest absolute Gasteiger partial charge is 0.223 e. The van der Waals surface area contributed by atoms with E-state index in [1.807, 2.05) is 0 Å². The van der Waals surface area contributed by atoms with Crippen molar-refractivity contribution in [1.29, 1.82) is 0 Å². The molecular formula is C16H28N2O3S. The summed E-state index contributed by atoms with van der Waals surface area (Å²) in [7, 11) is 1.74. The highest BCUT2D eigenvalue weighted by Gasteiger charge is 2.35. The van der Waals surface area contributed by atoms with E-state index in [9.17, 15) is 9.59 Å². The fraction of sp³-hybridized carbons (Fsp3) is 0.875. The Hall–Kier alpha value is -0.590. The van der Waals surface area contributed by atoms with Gasteiger partial charge in [-0.3, -0.25) is 9.59 Å². The maximum absolute atomic E-state index is 12.2. The van der Waals surface area contributed by atoms with Crippen molar-refractivity contribution >= 4 is 22.8 Å². The molecule has 2 heterocycles. The molecule has 6 heteroatoms. The quantitative estimate of drug-likeness (QED) is 0.665. The zero-order valence-corrected chi connectivity index (χ0v) is 14.6. The molecule has 0 aromatic heterocycles. The van der Waals surface area contributed by atoms with Crippen molar-refractivity contribution in [1.82, 2.24) is 9.80 Å². The Labute approximate surface area is 137 Å². The normalized spacial score (nSPS) is 24.2. The van der Waals surface area contributed by atoms with E-state index in [1.165, 1.54) is 11.8 Å². The molecule has 0 saturated carbocycles. The molecule has 2 aliphatic rings. The van der Waals surface area contributed by atoms with Crippen LogP contribution in [0.1, 0.15) is 32.6 Å². The maximum Gasteiger partial charge on any atom is 0.223 e. The lowest BCUT2D eigenvalue weighted by atomic mass is 10.0. The molecule has 0 N–H and O–H groups in total. The molecule has 126 valence electrons. The minimum Gasteiger partial charge on any atom is -0.385 e. The van der Waals surface area contributed by atoms with E-state index in [0.29, 0.717) is 18.4 Å². The van der Waals surface area contributed by atoms with Crippen molar-refractivity contribution in [3.8, 4) is 0 Å². The van der Waals surface area contributed by atoms with Crippen LogP contribution in [0.3, 0.4) is 0 Å². The van der Waals surface area contributed by atoms with Crippen LogP contribution in [0.15, 0.2) is 0 Å².